The minimum atomic E-state index is -0.646. The van der Waals surface area contributed by atoms with E-state index in [0.29, 0.717) is 38.4 Å². The van der Waals surface area contributed by atoms with Crippen molar-refractivity contribution in [3.63, 3.8) is 0 Å². The van der Waals surface area contributed by atoms with E-state index < -0.39 is 11.8 Å². The minimum Gasteiger partial charge on any atom is -0.468 e. The first-order valence-electron chi connectivity index (χ1n) is 10.4. The zero-order valence-corrected chi connectivity index (χ0v) is 17.3. The Morgan fingerprint density at radius 1 is 1.07 bits per heavy atom. The van der Waals surface area contributed by atoms with Gasteiger partial charge in [-0.05, 0) is 30.7 Å². The molecule has 7 nitrogen and oxygen atoms in total. The van der Waals surface area contributed by atoms with Crippen molar-refractivity contribution in [1.29, 1.82) is 0 Å². The number of unbranched alkanes of at least 4 members (excludes halogenated alkanes) is 1. The maximum absolute atomic E-state index is 14.1. The summed E-state index contributed by atoms with van der Waals surface area (Å²) in [4.78, 5) is 28.3. The molecule has 2 heterocycles. The number of nitrogens with one attached hydrogen (secondary N) is 2. The highest BCUT2D eigenvalue weighted by Gasteiger charge is 2.28. The van der Waals surface area contributed by atoms with E-state index >= 15 is 0 Å². The van der Waals surface area contributed by atoms with Crippen LogP contribution < -0.4 is 15.5 Å². The first-order valence-corrected chi connectivity index (χ1v) is 10.4. The van der Waals surface area contributed by atoms with Crippen LogP contribution in [0.4, 0.5) is 10.1 Å². The molecule has 1 aliphatic heterocycles. The molecule has 1 fully saturated rings. The van der Waals surface area contributed by atoms with Crippen LogP contribution in [-0.4, -0.2) is 56.0 Å². The molecule has 1 atom stereocenters. The molecule has 0 aliphatic carbocycles. The highest BCUT2D eigenvalue weighted by Crippen LogP contribution is 2.25. The van der Waals surface area contributed by atoms with Gasteiger partial charge in [-0.2, -0.15) is 0 Å². The normalized spacial score (nSPS) is 15.6. The van der Waals surface area contributed by atoms with Gasteiger partial charge in [-0.25, -0.2) is 4.39 Å². The van der Waals surface area contributed by atoms with Crippen LogP contribution in [0, 0.1) is 5.82 Å². The Balaban J connectivity index is 1.58. The minimum absolute atomic E-state index is 0.199. The van der Waals surface area contributed by atoms with Crippen molar-refractivity contribution in [2.45, 2.75) is 25.8 Å². The van der Waals surface area contributed by atoms with Gasteiger partial charge >= 0.3 is 11.8 Å². The molecule has 1 aromatic carbocycles. The number of hydrogen-bond donors (Lipinski definition) is 2. The molecule has 1 aliphatic rings. The maximum atomic E-state index is 14.1. The zero-order valence-electron chi connectivity index (χ0n) is 17.3. The third kappa shape index (κ3) is 5.60. The SMILES string of the molecule is CCCCNC(=O)C(=O)NC[C@@H](c1ccco1)N1CCN(c2ccccc2F)CC1. The molecule has 0 bridgehead atoms. The lowest BCUT2D eigenvalue weighted by Gasteiger charge is -2.39. The second kappa shape index (κ2) is 10.8. The van der Waals surface area contributed by atoms with Crippen molar-refractivity contribution < 1.29 is 18.4 Å². The molecule has 162 valence electrons. The fourth-order valence-corrected chi connectivity index (χ4v) is 3.60. The van der Waals surface area contributed by atoms with Gasteiger partial charge in [-0.3, -0.25) is 14.5 Å². The Bertz CT molecular complexity index is 820. The van der Waals surface area contributed by atoms with Crippen LogP contribution in [0.15, 0.2) is 47.1 Å². The number of carbonyl (C=O) groups excluding carboxylic acids is 2. The predicted octanol–water partition coefficient (Wildman–Crippen LogP) is 2.31. The van der Waals surface area contributed by atoms with E-state index in [0.717, 1.165) is 18.6 Å². The first-order chi connectivity index (χ1) is 14.6. The lowest BCUT2D eigenvalue weighted by molar-refractivity contribution is -0.139. The Hall–Kier alpha value is -2.87. The topological polar surface area (TPSA) is 77.8 Å². The van der Waals surface area contributed by atoms with Gasteiger partial charge in [-0.1, -0.05) is 25.5 Å². The van der Waals surface area contributed by atoms with Crippen LogP contribution in [0.25, 0.3) is 0 Å². The molecule has 2 amide bonds. The fourth-order valence-electron chi connectivity index (χ4n) is 3.60. The van der Waals surface area contributed by atoms with Gasteiger partial charge in [0, 0.05) is 39.3 Å². The van der Waals surface area contributed by atoms with E-state index in [1.54, 1.807) is 24.5 Å². The lowest BCUT2D eigenvalue weighted by atomic mass is 10.1. The molecule has 1 aromatic heterocycles. The summed E-state index contributed by atoms with van der Waals surface area (Å²) >= 11 is 0. The third-order valence-electron chi connectivity index (χ3n) is 5.30. The molecule has 0 unspecified atom stereocenters. The van der Waals surface area contributed by atoms with Crippen molar-refractivity contribution >= 4 is 17.5 Å². The summed E-state index contributed by atoms with van der Waals surface area (Å²) in [5.41, 5.74) is 0.601. The molecule has 30 heavy (non-hydrogen) atoms. The average Bonchev–Trinajstić information content (AvgIpc) is 3.29. The third-order valence-corrected chi connectivity index (χ3v) is 5.30. The van der Waals surface area contributed by atoms with Gasteiger partial charge in [0.2, 0.25) is 0 Å². The van der Waals surface area contributed by atoms with Crippen molar-refractivity contribution in [2.75, 3.05) is 44.2 Å². The highest BCUT2D eigenvalue weighted by atomic mass is 19.1. The van der Waals surface area contributed by atoms with Gasteiger partial charge in [0.25, 0.3) is 0 Å². The standard InChI is InChI=1S/C22H29FN4O3/c1-2-3-10-24-21(28)22(29)25-16-19(20-9-6-15-30-20)27-13-11-26(12-14-27)18-8-5-4-7-17(18)23/h4-9,15,19H,2-3,10-14,16H2,1H3,(H,24,28)(H,25,29)/t19-/m0/s1. The quantitative estimate of drug-likeness (QED) is 0.510. The van der Waals surface area contributed by atoms with Crippen LogP contribution in [0.1, 0.15) is 31.6 Å². The molecule has 1 saturated heterocycles. The van der Waals surface area contributed by atoms with Crippen molar-refractivity contribution in [3.05, 3.63) is 54.2 Å². The summed E-state index contributed by atoms with van der Waals surface area (Å²) in [6.45, 7) is 5.44. The van der Waals surface area contributed by atoms with Gasteiger partial charge < -0.3 is 20.0 Å². The van der Waals surface area contributed by atoms with Gasteiger partial charge in [0.1, 0.15) is 11.6 Å². The summed E-state index contributed by atoms with van der Waals surface area (Å²) in [5.74, 6) is -0.769. The number of carbonyl (C=O) groups is 2. The monoisotopic (exact) mass is 416 g/mol. The number of benzene rings is 1. The molecule has 0 radical (unpaired) electrons. The molecule has 0 spiro atoms. The summed E-state index contributed by atoms with van der Waals surface area (Å²) in [5, 5.41) is 5.34. The summed E-state index contributed by atoms with van der Waals surface area (Å²) in [6.07, 6.45) is 3.37. The zero-order chi connectivity index (χ0) is 21.3. The number of hydrogen-bond acceptors (Lipinski definition) is 5. The molecule has 3 rings (SSSR count). The second-order valence-corrected chi connectivity index (χ2v) is 7.33. The summed E-state index contributed by atoms with van der Waals surface area (Å²) < 4.78 is 19.7. The van der Waals surface area contributed by atoms with Crippen molar-refractivity contribution in [3.8, 4) is 0 Å². The van der Waals surface area contributed by atoms with Gasteiger partial charge in [0.05, 0.1) is 18.0 Å². The molecular formula is C22H29FN4O3. The van der Waals surface area contributed by atoms with Gasteiger partial charge in [0.15, 0.2) is 0 Å². The molecule has 2 aromatic rings. The lowest BCUT2D eigenvalue weighted by Crippen LogP contribution is -2.51. The molecule has 0 saturated carbocycles. The number of halogens is 1. The Morgan fingerprint density at radius 2 is 1.80 bits per heavy atom. The average molecular weight is 416 g/mol. The van der Waals surface area contributed by atoms with Crippen LogP contribution in [0.2, 0.25) is 0 Å². The van der Waals surface area contributed by atoms with Crippen molar-refractivity contribution in [1.82, 2.24) is 15.5 Å². The van der Waals surface area contributed by atoms with Crippen LogP contribution in [0.5, 0.6) is 0 Å². The van der Waals surface area contributed by atoms with Crippen LogP contribution >= 0.6 is 0 Å². The van der Waals surface area contributed by atoms with Crippen molar-refractivity contribution in [2.24, 2.45) is 0 Å². The van der Waals surface area contributed by atoms with E-state index in [1.807, 2.05) is 24.0 Å². The Morgan fingerprint density at radius 3 is 2.47 bits per heavy atom. The number of furan rings is 1. The maximum Gasteiger partial charge on any atom is 0.309 e. The molecule has 2 N–H and O–H groups in total. The molecule has 8 heteroatoms. The van der Waals surface area contributed by atoms with Crippen LogP contribution in [0.3, 0.4) is 0 Å². The fraction of sp³-hybridized carbons (Fsp3) is 0.455. The number of para-hydroxylation sites is 1. The first kappa shape index (κ1) is 21.8. The predicted molar refractivity (Wildman–Crippen MR) is 113 cm³/mol. The van der Waals surface area contributed by atoms with E-state index in [4.69, 9.17) is 4.42 Å². The van der Waals surface area contributed by atoms with E-state index in [2.05, 4.69) is 15.5 Å². The number of rotatable bonds is 8. The van der Waals surface area contributed by atoms with Gasteiger partial charge in [-0.15, -0.1) is 0 Å². The number of nitrogens with zero attached hydrogens (tertiary/aromatic N) is 2. The second-order valence-electron chi connectivity index (χ2n) is 7.33. The Labute approximate surface area is 176 Å². The summed E-state index contributed by atoms with van der Waals surface area (Å²) in [7, 11) is 0. The Kier molecular flexibility index (Phi) is 7.84. The highest BCUT2D eigenvalue weighted by molar-refractivity contribution is 6.35. The van der Waals surface area contributed by atoms with Crippen LogP contribution in [-0.2, 0) is 9.59 Å². The van der Waals surface area contributed by atoms with E-state index in [-0.39, 0.29) is 18.4 Å². The number of anilines is 1. The summed E-state index contributed by atoms with van der Waals surface area (Å²) in [6, 6.07) is 10.2. The smallest absolute Gasteiger partial charge is 0.309 e. The molecular weight excluding hydrogens is 387 g/mol. The number of piperazine rings is 1. The largest absolute Gasteiger partial charge is 0.468 e. The van der Waals surface area contributed by atoms with E-state index in [9.17, 15) is 14.0 Å². The van der Waals surface area contributed by atoms with E-state index in [1.165, 1.54) is 6.07 Å². The number of amides is 2.